The zero-order chi connectivity index (χ0) is 13.5. The first-order valence-electron chi connectivity index (χ1n) is 6.74. The van der Waals surface area contributed by atoms with Gasteiger partial charge in [-0.25, -0.2) is 4.98 Å². The number of ether oxygens (including phenoxy) is 1. The summed E-state index contributed by atoms with van der Waals surface area (Å²) in [5.74, 6) is 0.905. The zero-order valence-electron chi connectivity index (χ0n) is 11.3. The number of imidazole rings is 1. The van der Waals surface area contributed by atoms with Crippen LogP contribution in [0.25, 0.3) is 0 Å². The Kier molecular flexibility index (Phi) is 4.98. The quantitative estimate of drug-likeness (QED) is 0.778. The summed E-state index contributed by atoms with van der Waals surface area (Å²) in [6, 6.07) is 8.06. The normalized spacial score (nSPS) is 12.3. The lowest BCUT2D eigenvalue weighted by atomic mass is 10.0. The van der Waals surface area contributed by atoms with Crippen molar-refractivity contribution in [1.82, 2.24) is 9.55 Å². The van der Waals surface area contributed by atoms with Crippen molar-refractivity contribution in [3.8, 4) is 5.75 Å². The minimum atomic E-state index is 0.0462. The summed E-state index contributed by atoms with van der Waals surface area (Å²) in [6.07, 6.45) is 7.43. The van der Waals surface area contributed by atoms with Crippen LogP contribution in [-0.4, -0.2) is 16.2 Å². The molecule has 0 fully saturated rings. The molecule has 4 nitrogen and oxygen atoms in total. The van der Waals surface area contributed by atoms with Gasteiger partial charge in [0.15, 0.2) is 0 Å². The summed E-state index contributed by atoms with van der Waals surface area (Å²) in [4.78, 5) is 4.01. The standard InChI is InChI=1S/C15H21N3O/c1-2-14(16)13-6-3-4-7-15(13)19-11-5-9-18-10-8-17-12-18/h3-4,6-8,10,12,14H,2,5,9,11,16H2,1H3/t14-/m0/s1. The van der Waals surface area contributed by atoms with E-state index in [0.717, 1.165) is 30.7 Å². The minimum Gasteiger partial charge on any atom is -0.493 e. The predicted octanol–water partition coefficient (Wildman–Crippen LogP) is 2.76. The van der Waals surface area contributed by atoms with E-state index < -0.39 is 0 Å². The molecule has 1 heterocycles. The van der Waals surface area contributed by atoms with Gasteiger partial charge in [0.1, 0.15) is 5.75 Å². The van der Waals surface area contributed by atoms with Gasteiger partial charge in [-0.2, -0.15) is 0 Å². The first-order valence-corrected chi connectivity index (χ1v) is 6.74. The maximum atomic E-state index is 6.08. The molecule has 0 aliphatic carbocycles. The van der Waals surface area contributed by atoms with Crippen LogP contribution in [-0.2, 0) is 6.54 Å². The van der Waals surface area contributed by atoms with Gasteiger partial charge in [-0.1, -0.05) is 25.1 Å². The number of aryl methyl sites for hydroxylation is 1. The van der Waals surface area contributed by atoms with Crippen LogP contribution in [0.4, 0.5) is 0 Å². The predicted molar refractivity (Wildman–Crippen MR) is 76.0 cm³/mol. The Balaban J connectivity index is 1.85. The molecule has 1 atom stereocenters. The minimum absolute atomic E-state index is 0.0462. The monoisotopic (exact) mass is 259 g/mol. The Labute approximate surface area is 114 Å². The van der Waals surface area contributed by atoms with Gasteiger partial charge in [-0.3, -0.25) is 0 Å². The lowest BCUT2D eigenvalue weighted by Crippen LogP contribution is -2.11. The summed E-state index contributed by atoms with van der Waals surface area (Å²) < 4.78 is 7.89. The van der Waals surface area contributed by atoms with E-state index in [9.17, 15) is 0 Å². The molecule has 1 aromatic heterocycles. The van der Waals surface area contributed by atoms with Crippen molar-refractivity contribution in [1.29, 1.82) is 0 Å². The number of nitrogens with zero attached hydrogens (tertiary/aromatic N) is 2. The van der Waals surface area contributed by atoms with Crippen LogP contribution >= 0.6 is 0 Å². The highest BCUT2D eigenvalue weighted by atomic mass is 16.5. The Morgan fingerprint density at radius 3 is 2.95 bits per heavy atom. The number of hydrogen-bond acceptors (Lipinski definition) is 3. The van der Waals surface area contributed by atoms with Gasteiger partial charge in [0.25, 0.3) is 0 Å². The van der Waals surface area contributed by atoms with Crippen LogP contribution in [0.1, 0.15) is 31.4 Å². The largest absolute Gasteiger partial charge is 0.493 e. The fourth-order valence-electron chi connectivity index (χ4n) is 1.99. The van der Waals surface area contributed by atoms with Crippen molar-refractivity contribution in [2.45, 2.75) is 32.4 Å². The summed E-state index contributed by atoms with van der Waals surface area (Å²) in [7, 11) is 0. The molecular formula is C15H21N3O. The van der Waals surface area contributed by atoms with Crippen LogP contribution in [0.5, 0.6) is 5.75 Å². The van der Waals surface area contributed by atoms with E-state index in [1.54, 1.807) is 6.20 Å². The number of nitrogens with two attached hydrogens (primary N) is 1. The molecule has 0 bridgehead atoms. The molecule has 0 radical (unpaired) electrons. The van der Waals surface area contributed by atoms with E-state index in [2.05, 4.69) is 11.9 Å². The fourth-order valence-corrected chi connectivity index (χ4v) is 1.99. The third-order valence-corrected chi connectivity index (χ3v) is 3.14. The number of aromatic nitrogens is 2. The molecule has 102 valence electrons. The van der Waals surface area contributed by atoms with Crippen LogP contribution in [0, 0.1) is 0 Å². The van der Waals surface area contributed by atoms with Gasteiger partial charge in [0.2, 0.25) is 0 Å². The van der Waals surface area contributed by atoms with Crippen LogP contribution in [0.3, 0.4) is 0 Å². The lowest BCUT2D eigenvalue weighted by Gasteiger charge is -2.15. The third-order valence-electron chi connectivity index (χ3n) is 3.14. The van der Waals surface area contributed by atoms with Gasteiger partial charge in [0.05, 0.1) is 12.9 Å². The first-order chi connectivity index (χ1) is 9.31. The molecule has 2 N–H and O–H groups in total. The van der Waals surface area contributed by atoms with E-state index >= 15 is 0 Å². The van der Waals surface area contributed by atoms with Crippen molar-refractivity contribution >= 4 is 0 Å². The fraction of sp³-hybridized carbons (Fsp3) is 0.400. The van der Waals surface area contributed by atoms with E-state index in [-0.39, 0.29) is 6.04 Å². The summed E-state index contributed by atoms with van der Waals surface area (Å²) in [5, 5.41) is 0. The topological polar surface area (TPSA) is 53.1 Å². The molecule has 0 spiro atoms. The maximum absolute atomic E-state index is 6.08. The number of hydrogen-bond donors (Lipinski definition) is 1. The smallest absolute Gasteiger partial charge is 0.124 e. The summed E-state index contributed by atoms with van der Waals surface area (Å²) >= 11 is 0. The molecule has 1 aromatic carbocycles. The Bertz CT molecular complexity index is 482. The number of para-hydroxylation sites is 1. The van der Waals surface area contributed by atoms with Crippen molar-refractivity contribution in [3.63, 3.8) is 0 Å². The Morgan fingerprint density at radius 1 is 1.37 bits per heavy atom. The van der Waals surface area contributed by atoms with Gasteiger partial charge < -0.3 is 15.0 Å². The second-order valence-electron chi connectivity index (χ2n) is 4.56. The van der Waals surface area contributed by atoms with Gasteiger partial charge >= 0.3 is 0 Å². The molecule has 0 aliphatic rings. The second-order valence-corrected chi connectivity index (χ2v) is 4.56. The van der Waals surface area contributed by atoms with Gasteiger partial charge in [-0.05, 0) is 18.9 Å². The van der Waals surface area contributed by atoms with Crippen molar-refractivity contribution in [2.24, 2.45) is 5.73 Å². The van der Waals surface area contributed by atoms with Crippen LogP contribution < -0.4 is 10.5 Å². The molecular weight excluding hydrogens is 238 g/mol. The highest BCUT2D eigenvalue weighted by Gasteiger charge is 2.09. The van der Waals surface area contributed by atoms with Crippen molar-refractivity contribution in [2.75, 3.05) is 6.61 Å². The lowest BCUT2D eigenvalue weighted by molar-refractivity contribution is 0.297. The molecule has 2 aromatic rings. The average molecular weight is 259 g/mol. The highest BCUT2D eigenvalue weighted by molar-refractivity contribution is 5.35. The molecule has 2 rings (SSSR count). The number of rotatable bonds is 7. The molecule has 0 aliphatic heterocycles. The van der Waals surface area contributed by atoms with Gasteiger partial charge in [0, 0.05) is 30.5 Å². The molecule has 0 saturated heterocycles. The molecule has 19 heavy (non-hydrogen) atoms. The summed E-state index contributed by atoms with van der Waals surface area (Å²) in [6.45, 7) is 3.69. The molecule has 0 saturated carbocycles. The van der Waals surface area contributed by atoms with Crippen LogP contribution in [0.2, 0.25) is 0 Å². The molecule has 0 amide bonds. The van der Waals surface area contributed by atoms with Crippen molar-refractivity contribution in [3.05, 3.63) is 48.5 Å². The number of benzene rings is 1. The van der Waals surface area contributed by atoms with Crippen molar-refractivity contribution < 1.29 is 4.74 Å². The first kappa shape index (κ1) is 13.6. The van der Waals surface area contributed by atoms with E-state index in [1.807, 2.05) is 41.4 Å². The third kappa shape index (κ3) is 3.83. The second kappa shape index (κ2) is 6.95. The Morgan fingerprint density at radius 2 is 2.21 bits per heavy atom. The van der Waals surface area contributed by atoms with Crippen LogP contribution in [0.15, 0.2) is 43.0 Å². The van der Waals surface area contributed by atoms with E-state index in [1.165, 1.54) is 0 Å². The zero-order valence-corrected chi connectivity index (χ0v) is 11.3. The highest BCUT2D eigenvalue weighted by Crippen LogP contribution is 2.25. The van der Waals surface area contributed by atoms with Gasteiger partial charge in [-0.15, -0.1) is 0 Å². The molecule has 0 unspecified atom stereocenters. The van der Waals surface area contributed by atoms with E-state index in [4.69, 9.17) is 10.5 Å². The maximum Gasteiger partial charge on any atom is 0.124 e. The summed E-state index contributed by atoms with van der Waals surface area (Å²) in [5.41, 5.74) is 7.17. The molecule has 4 heteroatoms. The average Bonchev–Trinajstić information content (AvgIpc) is 2.96. The van der Waals surface area contributed by atoms with E-state index in [0.29, 0.717) is 6.61 Å². The Hall–Kier alpha value is -1.81. The SMILES string of the molecule is CC[C@H](N)c1ccccc1OCCCn1ccnc1.